The fraction of sp³-hybridized carbons (Fsp3) is 0.846. The molecule has 1 unspecified atom stereocenters. The fourth-order valence-corrected chi connectivity index (χ4v) is 2.30. The third-order valence-corrected chi connectivity index (χ3v) is 3.56. The van der Waals surface area contributed by atoms with Gasteiger partial charge in [0.15, 0.2) is 0 Å². The molecule has 1 rings (SSSR count). The molecule has 1 aliphatic heterocycles. The van der Waals surface area contributed by atoms with Crippen molar-refractivity contribution in [2.45, 2.75) is 19.8 Å². The number of nitrogens with one attached hydrogen (secondary N) is 1. The van der Waals surface area contributed by atoms with Crippen molar-refractivity contribution in [3.05, 3.63) is 0 Å². The molecule has 7 nitrogen and oxygen atoms in total. The number of carbonyl (C=O) groups excluding carboxylic acids is 1. The Morgan fingerprint density at radius 3 is 2.40 bits per heavy atom. The Morgan fingerprint density at radius 1 is 1.25 bits per heavy atom. The minimum atomic E-state index is -0.861. The number of piperazine rings is 1. The Labute approximate surface area is 119 Å². The van der Waals surface area contributed by atoms with Crippen LogP contribution in [0.15, 0.2) is 0 Å². The van der Waals surface area contributed by atoms with E-state index in [4.69, 9.17) is 10.2 Å². The molecule has 1 saturated heterocycles. The van der Waals surface area contributed by atoms with Gasteiger partial charge < -0.3 is 20.4 Å². The van der Waals surface area contributed by atoms with E-state index in [1.54, 1.807) is 4.90 Å². The number of aliphatic hydroxyl groups is 1. The van der Waals surface area contributed by atoms with Crippen LogP contribution in [0.1, 0.15) is 19.8 Å². The van der Waals surface area contributed by atoms with Gasteiger partial charge in [0, 0.05) is 39.3 Å². The number of β-amino-alcohol motifs (C(OH)–C–C–N with tert-alkyl or cyclic N) is 1. The summed E-state index contributed by atoms with van der Waals surface area (Å²) in [5.74, 6) is -1.38. The quantitative estimate of drug-likeness (QED) is 0.603. The van der Waals surface area contributed by atoms with Gasteiger partial charge in [0.2, 0.25) is 0 Å². The van der Waals surface area contributed by atoms with Gasteiger partial charge in [-0.1, -0.05) is 13.3 Å². The molecule has 0 aromatic heterocycles. The zero-order chi connectivity index (χ0) is 15.0. The van der Waals surface area contributed by atoms with Crippen LogP contribution in [0.2, 0.25) is 0 Å². The van der Waals surface area contributed by atoms with E-state index in [1.165, 1.54) is 0 Å². The predicted octanol–water partition coefficient (Wildman–Crippen LogP) is -0.193. The van der Waals surface area contributed by atoms with Crippen molar-refractivity contribution in [2.24, 2.45) is 5.92 Å². The molecular weight excluding hydrogens is 262 g/mol. The number of carboxylic acid groups (broad SMARTS) is 1. The summed E-state index contributed by atoms with van der Waals surface area (Å²) in [7, 11) is 0. The van der Waals surface area contributed by atoms with Crippen LogP contribution in [-0.2, 0) is 4.79 Å². The van der Waals surface area contributed by atoms with E-state index < -0.39 is 11.9 Å². The molecule has 0 saturated carbocycles. The van der Waals surface area contributed by atoms with Crippen molar-refractivity contribution in [2.75, 3.05) is 45.9 Å². The average molecular weight is 287 g/mol. The molecule has 0 aliphatic carbocycles. The molecule has 7 heteroatoms. The number of aliphatic carboxylic acids is 1. The topological polar surface area (TPSA) is 93.1 Å². The van der Waals surface area contributed by atoms with E-state index in [-0.39, 0.29) is 19.2 Å². The van der Waals surface area contributed by atoms with Gasteiger partial charge in [-0.2, -0.15) is 0 Å². The van der Waals surface area contributed by atoms with Crippen LogP contribution in [0.4, 0.5) is 4.79 Å². The smallest absolute Gasteiger partial charge is 0.317 e. The van der Waals surface area contributed by atoms with Gasteiger partial charge in [-0.3, -0.25) is 9.69 Å². The second-order valence-electron chi connectivity index (χ2n) is 5.06. The summed E-state index contributed by atoms with van der Waals surface area (Å²) in [5.41, 5.74) is 0. The van der Waals surface area contributed by atoms with Crippen LogP contribution in [0.25, 0.3) is 0 Å². The summed E-state index contributed by atoms with van der Waals surface area (Å²) in [6.45, 7) is 5.57. The number of nitrogens with zero attached hydrogens (tertiary/aromatic N) is 2. The lowest BCUT2D eigenvalue weighted by molar-refractivity contribution is -0.141. The predicted molar refractivity (Wildman–Crippen MR) is 74.5 cm³/mol. The first-order chi connectivity index (χ1) is 9.58. The van der Waals surface area contributed by atoms with Gasteiger partial charge in [0.05, 0.1) is 12.5 Å². The summed E-state index contributed by atoms with van der Waals surface area (Å²) < 4.78 is 0. The molecule has 1 fully saturated rings. The highest BCUT2D eigenvalue weighted by Gasteiger charge is 2.22. The second-order valence-corrected chi connectivity index (χ2v) is 5.06. The van der Waals surface area contributed by atoms with E-state index in [0.29, 0.717) is 26.1 Å². The molecule has 1 aliphatic rings. The Bertz CT molecular complexity index is 317. The summed E-state index contributed by atoms with van der Waals surface area (Å²) in [4.78, 5) is 26.7. The second kappa shape index (κ2) is 8.76. The maximum absolute atomic E-state index is 11.9. The number of rotatable bonds is 7. The largest absolute Gasteiger partial charge is 0.481 e. The Balaban J connectivity index is 2.31. The first-order valence-corrected chi connectivity index (χ1v) is 7.17. The van der Waals surface area contributed by atoms with Crippen molar-refractivity contribution >= 4 is 12.0 Å². The van der Waals surface area contributed by atoms with Gasteiger partial charge in [0.1, 0.15) is 0 Å². The normalized spacial score (nSPS) is 17.8. The molecule has 116 valence electrons. The van der Waals surface area contributed by atoms with E-state index in [0.717, 1.165) is 19.5 Å². The van der Waals surface area contributed by atoms with E-state index >= 15 is 0 Å². The van der Waals surface area contributed by atoms with Crippen molar-refractivity contribution in [1.29, 1.82) is 0 Å². The third kappa shape index (κ3) is 5.34. The molecule has 0 aromatic rings. The SMILES string of the molecule is CCCC(CNC(=O)N1CCN(CCO)CC1)C(=O)O. The van der Waals surface area contributed by atoms with Crippen molar-refractivity contribution < 1.29 is 19.8 Å². The summed E-state index contributed by atoms with van der Waals surface area (Å²) in [6.07, 6.45) is 1.35. The van der Waals surface area contributed by atoms with Crippen molar-refractivity contribution in [3.8, 4) is 0 Å². The highest BCUT2D eigenvalue weighted by atomic mass is 16.4. The number of hydrogen-bond donors (Lipinski definition) is 3. The van der Waals surface area contributed by atoms with Crippen LogP contribution in [0, 0.1) is 5.92 Å². The van der Waals surface area contributed by atoms with Gasteiger partial charge in [-0.15, -0.1) is 0 Å². The number of carbonyl (C=O) groups is 2. The number of carboxylic acids is 1. The Morgan fingerprint density at radius 2 is 1.90 bits per heavy atom. The fourth-order valence-electron chi connectivity index (χ4n) is 2.30. The van der Waals surface area contributed by atoms with E-state index in [2.05, 4.69) is 10.2 Å². The lowest BCUT2D eigenvalue weighted by Gasteiger charge is -2.34. The molecule has 0 spiro atoms. The van der Waals surface area contributed by atoms with E-state index in [9.17, 15) is 9.59 Å². The van der Waals surface area contributed by atoms with Crippen molar-refractivity contribution in [3.63, 3.8) is 0 Å². The maximum Gasteiger partial charge on any atom is 0.317 e. The molecule has 0 radical (unpaired) electrons. The molecule has 2 amide bonds. The average Bonchev–Trinajstić information content (AvgIpc) is 2.44. The minimum Gasteiger partial charge on any atom is -0.481 e. The first kappa shape index (κ1) is 16.7. The van der Waals surface area contributed by atoms with Crippen LogP contribution < -0.4 is 5.32 Å². The van der Waals surface area contributed by atoms with Gasteiger partial charge in [-0.25, -0.2) is 4.79 Å². The molecule has 3 N–H and O–H groups in total. The van der Waals surface area contributed by atoms with Gasteiger partial charge in [-0.05, 0) is 6.42 Å². The zero-order valence-corrected chi connectivity index (χ0v) is 12.0. The molecule has 1 atom stereocenters. The van der Waals surface area contributed by atoms with Crippen LogP contribution in [0.5, 0.6) is 0 Å². The molecule has 0 bridgehead atoms. The Hall–Kier alpha value is -1.34. The zero-order valence-electron chi connectivity index (χ0n) is 12.0. The van der Waals surface area contributed by atoms with Gasteiger partial charge >= 0.3 is 12.0 Å². The number of urea groups is 1. The van der Waals surface area contributed by atoms with Gasteiger partial charge in [0.25, 0.3) is 0 Å². The van der Waals surface area contributed by atoms with Crippen LogP contribution >= 0.6 is 0 Å². The molecular formula is C13H25N3O4. The van der Waals surface area contributed by atoms with Crippen LogP contribution in [0.3, 0.4) is 0 Å². The first-order valence-electron chi connectivity index (χ1n) is 7.17. The lowest BCUT2D eigenvalue weighted by Crippen LogP contribution is -2.52. The van der Waals surface area contributed by atoms with Crippen LogP contribution in [-0.4, -0.2) is 77.9 Å². The number of amides is 2. The summed E-state index contributed by atoms with van der Waals surface area (Å²) >= 11 is 0. The molecule has 1 heterocycles. The lowest BCUT2D eigenvalue weighted by atomic mass is 10.0. The van der Waals surface area contributed by atoms with E-state index in [1.807, 2.05) is 6.92 Å². The monoisotopic (exact) mass is 287 g/mol. The molecule has 20 heavy (non-hydrogen) atoms. The number of hydrogen-bond acceptors (Lipinski definition) is 4. The minimum absolute atomic E-state index is 0.128. The summed E-state index contributed by atoms with van der Waals surface area (Å²) in [5, 5.41) is 20.6. The number of aliphatic hydroxyl groups excluding tert-OH is 1. The maximum atomic E-state index is 11.9. The molecule has 0 aromatic carbocycles. The standard InChI is InChI=1S/C13H25N3O4/c1-2-3-11(12(18)19)10-14-13(20)16-6-4-15(5-7-16)8-9-17/h11,17H,2-10H2,1H3,(H,14,20)(H,18,19). The third-order valence-electron chi connectivity index (χ3n) is 3.56. The van der Waals surface area contributed by atoms with Crippen molar-refractivity contribution in [1.82, 2.24) is 15.1 Å². The highest BCUT2D eigenvalue weighted by Crippen LogP contribution is 2.06. The highest BCUT2D eigenvalue weighted by molar-refractivity contribution is 5.76. The summed E-state index contributed by atoms with van der Waals surface area (Å²) in [6, 6.07) is -0.198. The Kier molecular flexibility index (Phi) is 7.32.